The summed E-state index contributed by atoms with van der Waals surface area (Å²) in [4.78, 5) is 0. The van der Waals surface area contributed by atoms with Gasteiger partial charge in [-0.3, -0.25) is 0 Å². The van der Waals surface area contributed by atoms with Gasteiger partial charge in [0, 0.05) is 20.8 Å². The maximum Gasteiger partial charge on any atom is 0.0640 e. The zero-order valence-corrected chi connectivity index (χ0v) is 10.8. The average molecular weight is 226 g/mol. The van der Waals surface area contributed by atoms with Crippen molar-refractivity contribution in [3.8, 4) is 0 Å². The van der Waals surface area contributed by atoms with Gasteiger partial charge < -0.3 is 9.47 Å². The van der Waals surface area contributed by atoms with Crippen molar-refractivity contribution in [1.82, 2.24) is 0 Å². The van der Waals surface area contributed by atoms with Crippen LogP contribution in [0.25, 0.3) is 0 Å². The molecule has 0 aromatic heterocycles. The Balaban J connectivity index is 0.000000165. The van der Waals surface area contributed by atoms with E-state index in [0.717, 1.165) is 25.4 Å². The van der Waals surface area contributed by atoms with Gasteiger partial charge in [-0.2, -0.15) is 0 Å². The van der Waals surface area contributed by atoms with Gasteiger partial charge in [-0.1, -0.05) is 37.8 Å². The van der Waals surface area contributed by atoms with E-state index in [0.29, 0.717) is 6.10 Å². The van der Waals surface area contributed by atoms with E-state index in [1.165, 1.54) is 32.1 Å². The van der Waals surface area contributed by atoms with Crippen molar-refractivity contribution in [2.75, 3.05) is 20.8 Å². The molecule has 94 valence electrons. The molecular weight excluding hydrogens is 200 g/mol. The Morgan fingerprint density at radius 2 is 1.69 bits per heavy atom. The van der Waals surface area contributed by atoms with Gasteiger partial charge in [0.2, 0.25) is 0 Å². The maximum absolute atomic E-state index is 5.05. The third-order valence-electron chi connectivity index (χ3n) is 3.50. The van der Waals surface area contributed by atoms with Crippen LogP contribution in [0.4, 0.5) is 0 Å². The maximum atomic E-state index is 5.05. The Morgan fingerprint density at radius 1 is 1.06 bits per heavy atom. The topological polar surface area (TPSA) is 18.5 Å². The fraction of sp³-hybridized carbons (Fsp3) is 0.857. The third kappa shape index (κ3) is 5.66. The van der Waals surface area contributed by atoms with Crippen molar-refractivity contribution in [3.05, 3.63) is 12.2 Å². The van der Waals surface area contributed by atoms with Crippen LogP contribution in [-0.4, -0.2) is 26.9 Å². The van der Waals surface area contributed by atoms with Gasteiger partial charge in [0.05, 0.1) is 6.10 Å². The molecule has 0 radical (unpaired) electrons. The largest absolute Gasteiger partial charge is 0.385 e. The van der Waals surface area contributed by atoms with E-state index < -0.39 is 0 Å². The lowest BCUT2D eigenvalue weighted by Crippen LogP contribution is -2.02. The summed E-state index contributed by atoms with van der Waals surface area (Å²) in [5.41, 5.74) is 0. The highest BCUT2D eigenvalue weighted by Gasteiger charge is 2.13. The number of hydrogen-bond donors (Lipinski definition) is 0. The summed E-state index contributed by atoms with van der Waals surface area (Å²) in [5.74, 6) is 0.991. The van der Waals surface area contributed by atoms with Gasteiger partial charge in [-0.15, -0.1) is 0 Å². The molecule has 0 aromatic rings. The lowest BCUT2D eigenvalue weighted by molar-refractivity contribution is 0.114. The lowest BCUT2D eigenvalue weighted by Gasteiger charge is -2.05. The quantitative estimate of drug-likeness (QED) is 0.682. The Morgan fingerprint density at radius 3 is 2.12 bits per heavy atom. The Hall–Kier alpha value is -0.340. The molecule has 1 saturated carbocycles. The summed E-state index contributed by atoms with van der Waals surface area (Å²) < 4.78 is 10.1. The predicted octanol–water partition coefficient (Wildman–Crippen LogP) is 3.56. The molecule has 0 saturated heterocycles. The van der Waals surface area contributed by atoms with Crippen molar-refractivity contribution in [3.63, 3.8) is 0 Å². The molecule has 1 fully saturated rings. The second-order valence-corrected chi connectivity index (χ2v) is 4.73. The number of hydrogen-bond acceptors (Lipinski definition) is 2. The molecule has 0 spiro atoms. The summed E-state index contributed by atoms with van der Waals surface area (Å²) >= 11 is 0. The Bertz CT molecular complexity index is 175. The van der Waals surface area contributed by atoms with Crippen molar-refractivity contribution in [2.45, 2.75) is 51.0 Å². The monoisotopic (exact) mass is 226 g/mol. The van der Waals surface area contributed by atoms with Crippen LogP contribution >= 0.6 is 0 Å². The first kappa shape index (κ1) is 13.7. The van der Waals surface area contributed by atoms with E-state index in [1.54, 1.807) is 14.2 Å². The molecule has 2 nitrogen and oxygen atoms in total. The highest BCUT2D eigenvalue weighted by molar-refractivity contribution is 4.94. The smallest absolute Gasteiger partial charge is 0.0640 e. The standard InChI is InChI=1S/C8H16O.C6H10O/c1-9-7-6-8-4-2-3-5-8;1-7-6-4-2-3-5-6/h8H,2-7H2,1H3;2-3,6H,4-5H2,1H3. The van der Waals surface area contributed by atoms with E-state index in [-0.39, 0.29) is 0 Å². The first-order valence-corrected chi connectivity index (χ1v) is 6.53. The SMILES string of the molecule is COC1CC=CC1.COCCC1CCCC1. The molecule has 0 aromatic carbocycles. The van der Waals surface area contributed by atoms with Gasteiger partial charge in [-0.05, 0) is 25.2 Å². The van der Waals surface area contributed by atoms with Crippen LogP contribution in [0, 0.1) is 5.92 Å². The van der Waals surface area contributed by atoms with E-state index >= 15 is 0 Å². The summed E-state index contributed by atoms with van der Waals surface area (Å²) in [6.07, 6.45) is 14.1. The molecule has 0 N–H and O–H groups in total. The molecule has 2 rings (SSSR count). The van der Waals surface area contributed by atoms with Crippen LogP contribution in [0.3, 0.4) is 0 Å². The van der Waals surface area contributed by atoms with Crippen LogP contribution in [0.15, 0.2) is 12.2 Å². The molecule has 2 aliphatic rings. The lowest BCUT2D eigenvalue weighted by atomic mass is 10.1. The molecule has 0 bridgehead atoms. The minimum atomic E-state index is 0.486. The fourth-order valence-electron chi connectivity index (χ4n) is 2.37. The molecule has 0 atom stereocenters. The van der Waals surface area contributed by atoms with Crippen molar-refractivity contribution < 1.29 is 9.47 Å². The van der Waals surface area contributed by atoms with E-state index in [2.05, 4.69) is 12.2 Å². The van der Waals surface area contributed by atoms with E-state index in [9.17, 15) is 0 Å². The van der Waals surface area contributed by atoms with Crippen molar-refractivity contribution in [2.24, 2.45) is 5.92 Å². The summed E-state index contributed by atoms with van der Waals surface area (Å²) in [6.45, 7) is 0.963. The van der Waals surface area contributed by atoms with Crippen LogP contribution < -0.4 is 0 Å². The summed E-state index contributed by atoms with van der Waals surface area (Å²) in [7, 11) is 3.55. The molecule has 2 aliphatic carbocycles. The summed E-state index contributed by atoms with van der Waals surface area (Å²) in [5, 5.41) is 0. The minimum Gasteiger partial charge on any atom is -0.385 e. The second kappa shape index (κ2) is 8.77. The molecule has 2 heteroatoms. The second-order valence-electron chi connectivity index (χ2n) is 4.73. The molecule has 0 amide bonds. The molecule has 0 heterocycles. The zero-order valence-electron chi connectivity index (χ0n) is 10.8. The molecule has 0 aliphatic heterocycles. The average Bonchev–Trinajstić information content (AvgIpc) is 3.00. The van der Waals surface area contributed by atoms with E-state index in [1.807, 2.05) is 0 Å². The van der Waals surface area contributed by atoms with Gasteiger partial charge >= 0.3 is 0 Å². The number of ether oxygens (including phenoxy) is 2. The molecule has 0 unspecified atom stereocenters. The van der Waals surface area contributed by atoms with Gasteiger partial charge in [0.15, 0.2) is 0 Å². The van der Waals surface area contributed by atoms with Crippen LogP contribution in [0.5, 0.6) is 0 Å². The van der Waals surface area contributed by atoms with Crippen molar-refractivity contribution >= 4 is 0 Å². The highest BCUT2D eigenvalue weighted by Crippen LogP contribution is 2.27. The van der Waals surface area contributed by atoms with Crippen LogP contribution in [-0.2, 0) is 9.47 Å². The van der Waals surface area contributed by atoms with Crippen molar-refractivity contribution in [1.29, 1.82) is 0 Å². The Labute approximate surface area is 100 Å². The normalized spacial score (nSPS) is 21.1. The third-order valence-corrected chi connectivity index (χ3v) is 3.50. The number of methoxy groups -OCH3 is 2. The zero-order chi connectivity index (χ0) is 11.6. The number of rotatable bonds is 4. The summed E-state index contributed by atoms with van der Waals surface area (Å²) in [6, 6.07) is 0. The van der Waals surface area contributed by atoms with E-state index in [4.69, 9.17) is 9.47 Å². The van der Waals surface area contributed by atoms with Crippen LogP contribution in [0.2, 0.25) is 0 Å². The first-order chi connectivity index (χ1) is 7.86. The molecular formula is C14H26O2. The van der Waals surface area contributed by atoms with Gasteiger partial charge in [0.1, 0.15) is 0 Å². The molecule has 16 heavy (non-hydrogen) atoms. The van der Waals surface area contributed by atoms with Crippen LogP contribution in [0.1, 0.15) is 44.9 Å². The Kier molecular flexibility index (Phi) is 7.52. The first-order valence-electron chi connectivity index (χ1n) is 6.53. The van der Waals surface area contributed by atoms with Gasteiger partial charge in [0.25, 0.3) is 0 Å². The predicted molar refractivity (Wildman–Crippen MR) is 67.6 cm³/mol. The van der Waals surface area contributed by atoms with Gasteiger partial charge in [-0.25, -0.2) is 0 Å². The minimum absolute atomic E-state index is 0.486. The highest BCUT2D eigenvalue weighted by atomic mass is 16.5. The fourth-order valence-corrected chi connectivity index (χ4v) is 2.37.